The number of halogens is 3. The molecule has 0 spiro atoms. The van der Waals surface area contributed by atoms with Crippen LogP contribution in [0.15, 0.2) is 10.4 Å². The highest BCUT2D eigenvalue weighted by Gasteiger charge is 2.33. The molecule has 0 aliphatic carbocycles. The molecule has 1 aromatic heterocycles. The first-order valence-electron chi connectivity index (χ1n) is 7.06. The van der Waals surface area contributed by atoms with Gasteiger partial charge in [0.15, 0.2) is 11.7 Å². The Kier molecular flexibility index (Phi) is 5.63. The summed E-state index contributed by atoms with van der Waals surface area (Å²) in [6.45, 7) is 2.08. The smallest absolute Gasteiger partial charge is 0.355 e. The number of thiazole rings is 1. The van der Waals surface area contributed by atoms with Gasteiger partial charge in [0.2, 0.25) is 0 Å². The van der Waals surface area contributed by atoms with Crippen molar-refractivity contribution in [1.82, 2.24) is 20.5 Å². The van der Waals surface area contributed by atoms with Crippen LogP contribution < -0.4 is 10.6 Å². The average Bonchev–Trinajstić information content (AvgIpc) is 3.08. The molecule has 0 bridgehead atoms. The van der Waals surface area contributed by atoms with E-state index in [-0.39, 0.29) is 6.54 Å². The third-order valence-electron chi connectivity index (χ3n) is 3.65. The molecule has 124 valence electrons. The highest BCUT2D eigenvalue weighted by molar-refractivity contribution is 7.09. The minimum absolute atomic E-state index is 0.223. The van der Waals surface area contributed by atoms with E-state index >= 15 is 0 Å². The zero-order valence-corrected chi connectivity index (χ0v) is 13.4. The second kappa shape index (κ2) is 7.28. The number of guanidine groups is 1. The standard InChI is InChI=1S/C13H20F3N5S/c1-17-12(18-6-9-4-3-5-21(9)2)19-7-11-20-10(8-22-11)13(14,15)16/h8-9H,3-7H2,1-2H3,(H2,17,18,19). The summed E-state index contributed by atoms with van der Waals surface area (Å²) < 4.78 is 37.4. The molecule has 2 heterocycles. The van der Waals surface area contributed by atoms with Crippen LogP contribution >= 0.6 is 11.3 Å². The summed E-state index contributed by atoms with van der Waals surface area (Å²) in [5.74, 6) is 0.573. The van der Waals surface area contributed by atoms with Gasteiger partial charge in [0, 0.05) is 25.0 Å². The molecule has 1 aliphatic rings. The maximum atomic E-state index is 12.5. The predicted octanol–water partition coefficient (Wildman–Crippen LogP) is 1.92. The van der Waals surface area contributed by atoms with E-state index in [0.29, 0.717) is 17.0 Å². The highest BCUT2D eigenvalue weighted by atomic mass is 32.1. The van der Waals surface area contributed by atoms with Crippen molar-refractivity contribution in [1.29, 1.82) is 0 Å². The average molecular weight is 335 g/mol. The Labute approximate surface area is 131 Å². The zero-order valence-electron chi connectivity index (χ0n) is 12.6. The molecule has 0 aromatic carbocycles. The van der Waals surface area contributed by atoms with Gasteiger partial charge in [0.1, 0.15) is 5.01 Å². The summed E-state index contributed by atoms with van der Waals surface area (Å²) in [4.78, 5) is 9.94. The summed E-state index contributed by atoms with van der Waals surface area (Å²) in [6.07, 6.45) is -2.06. The lowest BCUT2D eigenvalue weighted by Crippen LogP contribution is -2.43. The van der Waals surface area contributed by atoms with Gasteiger partial charge in [-0.2, -0.15) is 13.2 Å². The van der Waals surface area contributed by atoms with Gasteiger partial charge in [-0.3, -0.25) is 4.99 Å². The molecule has 2 N–H and O–H groups in total. The quantitative estimate of drug-likeness (QED) is 0.652. The van der Waals surface area contributed by atoms with E-state index in [9.17, 15) is 13.2 Å². The van der Waals surface area contributed by atoms with Crippen LogP contribution in [0.2, 0.25) is 0 Å². The van der Waals surface area contributed by atoms with Crippen molar-refractivity contribution in [2.75, 3.05) is 27.2 Å². The third-order valence-corrected chi connectivity index (χ3v) is 4.50. The van der Waals surface area contributed by atoms with E-state index < -0.39 is 11.9 Å². The Morgan fingerprint density at radius 3 is 2.82 bits per heavy atom. The van der Waals surface area contributed by atoms with E-state index in [1.54, 1.807) is 7.05 Å². The van der Waals surface area contributed by atoms with Crippen LogP contribution in [-0.4, -0.2) is 49.1 Å². The number of alkyl halides is 3. The number of nitrogens with zero attached hydrogens (tertiary/aromatic N) is 3. The number of rotatable bonds is 4. The van der Waals surface area contributed by atoms with Crippen molar-refractivity contribution in [2.24, 2.45) is 4.99 Å². The molecule has 1 fully saturated rings. The van der Waals surface area contributed by atoms with E-state index in [0.717, 1.165) is 36.2 Å². The number of aliphatic imine (C=N–C) groups is 1. The molecule has 1 saturated heterocycles. The SMILES string of the molecule is CN=C(NCc1nc(C(F)(F)F)cs1)NCC1CCCN1C. The van der Waals surface area contributed by atoms with Gasteiger partial charge in [-0.1, -0.05) is 0 Å². The van der Waals surface area contributed by atoms with Crippen molar-refractivity contribution in [3.63, 3.8) is 0 Å². The Hall–Kier alpha value is -1.35. The number of likely N-dealkylation sites (tertiary alicyclic amines) is 1. The van der Waals surface area contributed by atoms with Crippen molar-refractivity contribution >= 4 is 17.3 Å². The number of nitrogens with one attached hydrogen (secondary N) is 2. The summed E-state index contributed by atoms with van der Waals surface area (Å²) in [5.41, 5.74) is -0.843. The Bertz CT molecular complexity index is 514. The highest BCUT2D eigenvalue weighted by Crippen LogP contribution is 2.29. The van der Waals surface area contributed by atoms with Crippen LogP contribution in [0.1, 0.15) is 23.5 Å². The first kappa shape index (κ1) is 17.0. The largest absolute Gasteiger partial charge is 0.434 e. The van der Waals surface area contributed by atoms with Crippen LogP contribution in [0.25, 0.3) is 0 Å². The van der Waals surface area contributed by atoms with Gasteiger partial charge in [0.05, 0.1) is 6.54 Å². The van der Waals surface area contributed by atoms with Gasteiger partial charge in [-0.25, -0.2) is 4.98 Å². The van der Waals surface area contributed by atoms with E-state index in [4.69, 9.17) is 0 Å². The summed E-state index contributed by atoms with van der Waals surface area (Å²) >= 11 is 0.988. The molecule has 0 radical (unpaired) electrons. The molecule has 1 aliphatic heterocycles. The second-order valence-corrected chi connectivity index (χ2v) is 6.15. The number of likely N-dealkylation sites (N-methyl/N-ethyl adjacent to an activating group) is 1. The molecule has 1 unspecified atom stereocenters. The van der Waals surface area contributed by atoms with Gasteiger partial charge >= 0.3 is 6.18 Å². The molecule has 1 atom stereocenters. The lowest BCUT2D eigenvalue weighted by atomic mass is 10.2. The summed E-state index contributed by atoms with van der Waals surface area (Å²) in [7, 11) is 3.72. The summed E-state index contributed by atoms with van der Waals surface area (Å²) in [5, 5.41) is 7.60. The minimum Gasteiger partial charge on any atom is -0.355 e. The Balaban J connectivity index is 1.80. The first-order chi connectivity index (χ1) is 10.4. The third kappa shape index (κ3) is 4.57. The van der Waals surface area contributed by atoms with Crippen molar-refractivity contribution in [2.45, 2.75) is 31.6 Å². The molecule has 5 nitrogen and oxygen atoms in total. The van der Waals surface area contributed by atoms with Gasteiger partial charge < -0.3 is 15.5 Å². The fourth-order valence-electron chi connectivity index (χ4n) is 2.35. The van der Waals surface area contributed by atoms with Crippen LogP contribution in [0.3, 0.4) is 0 Å². The fourth-order valence-corrected chi connectivity index (χ4v) is 3.09. The van der Waals surface area contributed by atoms with Crippen molar-refractivity contribution < 1.29 is 13.2 Å². The van der Waals surface area contributed by atoms with Crippen LogP contribution in [0.5, 0.6) is 0 Å². The topological polar surface area (TPSA) is 52.6 Å². The number of hydrogen-bond acceptors (Lipinski definition) is 4. The van der Waals surface area contributed by atoms with E-state index in [1.165, 1.54) is 6.42 Å². The monoisotopic (exact) mass is 335 g/mol. The van der Waals surface area contributed by atoms with Crippen molar-refractivity contribution in [3.05, 3.63) is 16.1 Å². The normalized spacial score (nSPS) is 20.4. The van der Waals surface area contributed by atoms with E-state index in [1.807, 2.05) is 0 Å². The Morgan fingerprint density at radius 1 is 1.50 bits per heavy atom. The van der Waals surface area contributed by atoms with Gasteiger partial charge in [-0.15, -0.1) is 11.3 Å². The lowest BCUT2D eigenvalue weighted by Gasteiger charge is -2.21. The number of aromatic nitrogens is 1. The maximum absolute atomic E-state index is 12.5. The molecule has 0 amide bonds. The second-order valence-electron chi connectivity index (χ2n) is 5.21. The Morgan fingerprint density at radius 2 is 2.27 bits per heavy atom. The van der Waals surface area contributed by atoms with Crippen LogP contribution in [0, 0.1) is 0 Å². The lowest BCUT2D eigenvalue weighted by molar-refractivity contribution is -0.140. The molecular formula is C13H20F3N5S. The summed E-state index contributed by atoms with van der Waals surface area (Å²) in [6, 6.07) is 0.468. The van der Waals surface area contributed by atoms with Gasteiger partial charge in [-0.05, 0) is 26.4 Å². The molecular weight excluding hydrogens is 315 g/mol. The van der Waals surface area contributed by atoms with Gasteiger partial charge in [0.25, 0.3) is 0 Å². The maximum Gasteiger partial charge on any atom is 0.434 e. The minimum atomic E-state index is -4.39. The molecule has 0 saturated carbocycles. The fraction of sp³-hybridized carbons (Fsp3) is 0.692. The van der Waals surface area contributed by atoms with Crippen LogP contribution in [-0.2, 0) is 12.7 Å². The number of hydrogen-bond donors (Lipinski definition) is 2. The molecule has 9 heteroatoms. The first-order valence-corrected chi connectivity index (χ1v) is 7.94. The van der Waals surface area contributed by atoms with E-state index in [2.05, 4.69) is 32.6 Å². The molecule has 22 heavy (non-hydrogen) atoms. The van der Waals surface area contributed by atoms with Crippen molar-refractivity contribution in [3.8, 4) is 0 Å². The predicted molar refractivity (Wildman–Crippen MR) is 81.0 cm³/mol. The zero-order chi connectivity index (χ0) is 16.2. The molecule has 1 aromatic rings. The molecule has 2 rings (SSSR count). The van der Waals surface area contributed by atoms with Crippen LogP contribution in [0.4, 0.5) is 13.2 Å².